The quantitative estimate of drug-likeness (QED) is 0.266. The third-order valence-electron chi connectivity index (χ3n) is 9.67. The smallest absolute Gasteiger partial charge is 0.497 e. The molecule has 4 atom stereocenters. The molecule has 12 nitrogen and oxygen atoms in total. The standard InChI is InChI=1S/C35H40ClF3N4O8S/c1-21-8-12-29(49-7)26(16-21)34(43(5)20-24(50-15-14-41(3)4)18-28(43)32(44)40-2)25-17-22(36)9-11-27(25)42(33(34)45)52(46,47)31-13-10-23(48-6)19-30(31)51-35(37,38)39/h8-13,16-17,19,24,28H,14-15,18,20H2,1-7H3/p+1/t24-,28+,34?,43?/m1/s1. The van der Waals surface area contributed by atoms with Crippen molar-refractivity contribution in [2.75, 3.05) is 66.4 Å². The average Bonchev–Trinajstić information content (AvgIpc) is 3.55. The molecular formula is C35H41ClF3N4O8S+. The van der Waals surface area contributed by atoms with Gasteiger partial charge in [0, 0.05) is 31.1 Å². The highest BCUT2D eigenvalue weighted by molar-refractivity contribution is 7.93. The van der Waals surface area contributed by atoms with Gasteiger partial charge in [0.05, 0.1) is 44.7 Å². The Hall–Kier alpha value is -4.09. The first kappa shape index (κ1) is 39.1. The van der Waals surface area contributed by atoms with Crippen molar-refractivity contribution >= 4 is 39.1 Å². The number of ether oxygens (including phenoxy) is 4. The molecule has 0 aliphatic carbocycles. The van der Waals surface area contributed by atoms with Gasteiger partial charge < -0.3 is 29.2 Å². The second-order valence-electron chi connectivity index (χ2n) is 13.1. The number of hydrogen-bond donors (Lipinski definition) is 1. The largest absolute Gasteiger partial charge is 0.573 e. The van der Waals surface area contributed by atoms with Crippen LogP contribution in [-0.2, 0) is 29.9 Å². The van der Waals surface area contributed by atoms with Crippen LogP contribution in [0.3, 0.4) is 0 Å². The first-order valence-electron chi connectivity index (χ1n) is 16.2. The molecule has 2 heterocycles. The van der Waals surface area contributed by atoms with Crippen LogP contribution in [0.4, 0.5) is 18.9 Å². The van der Waals surface area contributed by atoms with E-state index in [9.17, 15) is 26.4 Å². The number of sulfonamides is 1. The number of nitrogens with one attached hydrogen (secondary N) is 1. The van der Waals surface area contributed by atoms with Gasteiger partial charge in [-0.1, -0.05) is 23.2 Å². The fourth-order valence-electron chi connectivity index (χ4n) is 7.38. The summed E-state index contributed by atoms with van der Waals surface area (Å²) in [7, 11) is 4.25. The molecule has 282 valence electrons. The normalized spacial score (nSPS) is 23.2. The van der Waals surface area contributed by atoms with Crippen molar-refractivity contribution in [3.05, 3.63) is 76.3 Å². The van der Waals surface area contributed by atoms with Gasteiger partial charge in [-0.2, -0.15) is 4.31 Å². The minimum absolute atomic E-state index is 0.0408. The van der Waals surface area contributed by atoms with Crippen molar-refractivity contribution in [1.29, 1.82) is 0 Å². The van der Waals surface area contributed by atoms with Gasteiger partial charge in [-0.25, -0.2) is 8.42 Å². The maximum Gasteiger partial charge on any atom is 0.573 e. The molecule has 1 N–H and O–H groups in total. The number of amides is 2. The number of benzene rings is 3. The number of carbonyl (C=O) groups is 2. The lowest BCUT2D eigenvalue weighted by molar-refractivity contribution is -0.953. The molecule has 3 aromatic rings. The highest BCUT2D eigenvalue weighted by Crippen LogP contribution is 2.58. The van der Waals surface area contributed by atoms with Crippen molar-refractivity contribution < 1.29 is 54.6 Å². The van der Waals surface area contributed by atoms with Crippen LogP contribution in [0.25, 0.3) is 0 Å². The number of aryl methyl sites for hydroxylation is 1. The maximum absolute atomic E-state index is 15.7. The number of anilines is 1. The summed E-state index contributed by atoms with van der Waals surface area (Å²) in [6, 6.07) is 11.0. The molecule has 1 fully saturated rings. The van der Waals surface area contributed by atoms with E-state index in [4.69, 9.17) is 25.8 Å². The van der Waals surface area contributed by atoms with Crippen LogP contribution in [0.1, 0.15) is 23.1 Å². The number of halogens is 4. The molecule has 1 saturated heterocycles. The van der Waals surface area contributed by atoms with E-state index in [0.717, 1.165) is 18.2 Å². The molecule has 2 aliphatic rings. The zero-order chi connectivity index (χ0) is 38.4. The van der Waals surface area contributed by atoms with E-state index in [1.807, 2.05) is 19.0 Å². The number of quaternary nitrogens is 1. The summed E-state index contributed by atoms with van der Waals surface area (Å²) >= 11 is 6.62. The summed E-state index contributed by atoms with van der Waals surface area (Å²) in [4.78, 5) is 30.6. The van der Waals surface area contributed by atoms with Crippen LogP contribution in [-0.4, -0.2) is 110 Å². The van der Waals surface area contributed by atoms with Crippen LogP contribution < -0.4 is 23.8 Å². The number of likely N-dealkylation sites (tertiary alicyclic amines) is 1. The average molecular weight is 770 g/mol. The van der Waals surface area contributed by atoms with Crippen LogP contribution in [0.2, 0.25) is 5.02 Å². The molecule has 2 unspecified atom stereocenters. The van der Waals surface area contributed by atoms with Gasteiger partial charge in [-0.3, -0.25) is 14.1 Å². The van der Waals surface area contributed by atoms with Crippen molar-refractivity contribution in [3.8, 4) is 17.2 Å². The Balaban J connectivity index is 1.86. The number of nitrogens with zero attached hydrogens (tertiary/aromatic N) is 3. The van der Waals surface area contributed by atoms with E-state index in [1.54, 1.807) is 32.2 Å². The third kappa shape index (κ3) is 6.66. The van der Waals surface area contributed by atoms with Crippen molar-refractivity contribution in [3.63, 3.8) is 0 Å². The Morgan fingerprint density at radius 3 is 2.38 bits per heavy atom. The minimum Gasteiger partial charge on any atom is -0.497 e. The molecule has 2 amide bonds. The minimum atomic E-state index is -5.30. The predicted octanol–water partition coefficient (Wildman–Crippen LogP) is 4.46. The van der Waals surface area contributed by atoms with Gasteiger partial charge in [0.2, 0.25) is 5.54 Å². The molecule has 5 rings (SSSR count). The molecule has 2 aliphatic heterocycles. The number of methoxy groups -OCH3 is 2. The van der Waals surface area contributed by atoms with E-state index in [1.165, 1.54) is 39.5 Å². The summed E-state index contributed by atoms with van der Waals surface area (Å²) < 4.78 is 92.1. The SMILES string of the molecule is CNC(=O)[C@@H]1C[C@@H](OCCN(C)C)C[N+]1(C)C1(c2cc(C)ccc2OC)C(=O)N(S(=O)(=O)c2ccc(OC)cc2OC(F)(F)F)c2ccc(Cl)cc21. The van der Waals surface area contributed by atoms with Gasteiger partial charge >= 0.3 is 12.3 Å². The lowest BCUT2D eigenvalue weighted by atomic mass is 9.78. The summed E-state index contributed by atoms with van der Waals surface area (Å²) in [5, 5.41) is 2.83. The van der Waals surface area contributed by atoms with Gasteiger partial charge in [0.25, 0.3) is 15.9 Å². The van der Waals surface area contributed by atoms with E-state index in [0.29, 0.717) is 23.0 Å². The van der Waals surface area contributed by atoms with E-state index in [2.05, 4.69) is 10.1 Å². The second-order valence-corrected chi connectivity index (χ2v) is 15.3. The molecule has 3 aromatic carbocycles. The third-order valence-corrected chi connectivity index (χ3v) is 11.6. The number of likely N-dealkylation sites (N-methyl/N-ethyl adjacent to an activating group) is 3. The monoisotopic (exact) mass is 769 g/mol. The summed E-state index contributed by atoms with van der Waals surface area (Å²) in [6.07, 6.45) is -5.72. The summed E-state index contributed by atoms with van der Waals surface area (Å²) in [5.41, 5.74) is -1.29. The van der Waals surface area contributed by atoms with Gasteiger partial charge in [0.15, 0.2) is 11.8 Å². The van der Waals surface area contributed by atoms with Crippen LogP contribution in [0.5, 0.6) is 17.2 Å². The Morgan fingerprint density at radius 2 is 1.77 bits per heavy atom. The number of carbonyl (C=O) groups excluding carboxylic acids is 2. The van der Waals surface area contributed by atoms with Gasteiger partial charge in [-0.05, 0) is 63.5 Å². The summed E-state index contributed by atoms with van der Waals surface area (Å²) in [5.74, 6) is -2.56. The fourth-order valence-corrected chi connectivity index (χ4v) is 9.11. The highest BCUT2D eigenvalue weighted by atomic mass is 35.5. The molecule has 0 aromatic heterocycles. The molecule has 17 heteroatoms. The number of rotatable bonds is 12. The Kier molecular flexibility index (Phi) is 10.8. The summed E-state index contributed by atoms with van der Waals surface area (Å²) in [6.45, 7) is 2.68. The molecule has 0 saturated carbocycles. The van der Waals surface area contributed by atoms with Crippen molar-refractivity contribution in [2.45, 2.75) is 42.3 Å². The number of fused-ring (bicyclic) bond motifs is 1. The Morgan fingerprint density at radius 1 is 1.06 bits per heavy atom. The van der Waals surface area contributed by atoms with Crippen LogP contribution in [0.15, 0.2) is 59.5 Å². The predicted molar refractivity (Wildman–Crippen MR) is 186 cm³/mol. The zero-order valence-electron chi connectivity index (χ0n) is 29.7. The van der Waals surface area contributed by atoms with E-state index >= 15 is 4.79 Å². The topological polar surface area (TPSA) is 124 Å². The molecule has 52 heavy (non-hydrogen) atoms. The molecule has 0 bridgehead atoms. The van der Waals surface area contributed by atoms with Crippen LogP contribution >= 0.6 is 11.6 Å². The lowest BCUT2D eigenvalue weighted by Crippen LogP contribution is -2.69. The van der Waals surface area contributed by atoms with Gasteiger partial charge in [-0.15, -0.1) is 13.2 Å². The zero-order valence-corrected chi connectivity index (χ0v) is 31.3. The second kappa shape index (κ2) is 14.4. The molecule has 0 radical (unpaired) electrons. The highest BCUT2D eigenvalue weighted by Gasteiger charge is 2.72. The number of alkyl halides is 3. The molecule has 0 spiro atoms. The van der Waals surface area contributed by atoms with Gasteiger partial charge in [0.1, 0.15) is 29.0 Å². The fraction of sp³-hybridized carbons (Fsp3) is 0.429. The molecular weight excluding hydrogens is 729 g/mol. The maximum atomic E-state index is 15.7. The Labute approximate surface area is 305 Å². The van der Waals surface area contributed by atoms with Crippen LogP contribution in [0, 0.1) is 6.92 Å². The Bertz CT molecular complexity index is 1980. The number of hydrogen-bond acceptors (Lipinski definition) is 9. The van der Waals surface area contributed by atoms with Crippen molar-refractivity contribution in [2.24, 2.45) is 0 Å². The van der Waals surface area contributed by atoms with E-state index in [-0.39, 0.29) is 46.3 Å². The van der Waals surface area contributed by atoms with E-state index < -0.39 is 61.0 Å². The first-order chi connectivity index (χ1) is 24.3. The lowest BCUT2D eigenvalue weighted by Gasteiger charge is -2.48. The van der Waals surface area contributed by atoms with Crippen molar-refractivity contribution in [1.82, 2.24) is 10.2 Å². The first-order valence-corrected chi connectivity index (χ1v) is 18.0.